The number of hydrogen-bond acceptors (Lipinski definition) is 3. The highest BCUT2D eigenvalue weighted by atomic mass is 32.2. The number of esters is 1. The number of hydrogen-bond donors (Lipinski definition) is 0. The number of carbonyl (C=O) groups excluding carboxylic acids is 1. The van der Waals surface area contributed by atoms with E-state index >= 15 is 0 Å². The summed E-state index contributed by atoms with van der Waals surface area (Å²) in [5.41, 5.74) is 0. The lowest BCUT2D eigenvalue weighted by Gasteiger charge is -2.18. The first-order valence-corrected chi connectivity index (χ1v) is 6.60. The van der Waals surface area contributed by atoms with E-state index in [0.29, 0.717) is 12.4 Å². The van der Waals surface area contributed by atoms with Crippen LogP contribution in [-0.4, -0.2) is 30.0 Å². The van der Waals surface area contributed by atoms with Crippen LogP contribution in [0.25, 0.3) is 0 Å². The maximum Gasteiger partial charge on any atom is 0.319 e. The second-order valence-corrected chi connectivity index (χ2v) is 5.13. The van der Waals surface area contributed by atoms with Crippen LogP contribution in [-0.2, 0) is 9.53 Å². The number of carbonyl (C=O) groups is 1. The van der Waals surface area contributed by atoms with Crippen LogP contribution in [0.2, 0.25) is 0 Å². The van der Waals surface area contributed by atoms with Gasteiger partial charge in [-0.2, -0.15) is 0 Å². The van der Waals surface area contributed by atoms with Crippen molar-refractivity contribution in [3.63, 3.8) is 0 Å². The summed E-state index contributed by atoms with van der Waals surface area (Å²) in [6, 6.07) is 0. The zero-order valence-electron chi connectivity index (χ0n) is 10.0. The number of halogens is 2. The van der Waals surface area contributed by atoms with E-state index in [4.69, 9.17) is 4.74 Å². The van der Waals surface area contributed by atoms with Gasteiger partial charge in [-0.25, -0.2) is 8.78 Å². The van der Waals surface area contributed by atoms with Gasteiger partial charge < -0.3 is 4.74 Å². The Labute approximate surface area is 100 Å². The summed E-state index contributed by atoms with van der Waals surface area (Å²) in [5, 5.41) is -0.328. The molecule has 0 spiro atoms. The Kier molecular flexibility index (Phi) is 8.61. The fraction of sp³-hybridized carbons (Fsp3) is 0.909. The molecule has 96 valence electrons. The minimum Gasteiger partial charge on any atom is -0.465 e. The Morgan fingerprint density at radius 1 is 1.38 bits per heavy atom. The van der Waals surface area contributed by atoms with Gasteiger partial charge in [0.15, 0.2) is 0 Å². The van der Waals surface area contributed by atoms with Crippen LogP contribution in [0, 0.1) is 5.92 Å². The van der Waals surface area contributed by atoms with Gasteiger partial charge in [0.25, 0.3) is 0 Å². The number of rotatable bonds is 8. The van der Waals surface area contributed by atoms with Gasteiger partial charge in [-0.15, -0.1) is 11.8 Å². The van der Waals surface area contributed by atoms with Crippen molar-refractivity contribution in [1.82, 2.24) is 0 Å². The lowest BCUT2D eigenvalue weighted by molar-refractivity contribution is -0.143. The monoisotopic (exact) mass is 254 g/mol. The third-order valence-electron chi connectivity index (χ3n) is 1.92. The summed E-state index contributed by atoms with van der Waals surface area (Å²) in [7, 11) is 0. The zero-order chi connectivity index (χ0) is 12.6. The molecule has 0 rings (SSSR count). The molecule has 0 aromatic carbocycles. The molecule has 1 unspecified atom stereocenters. The van der Waals surface area contributed by atoms with Gasteiger partial charge in [-0.3, -0.25) is 4.79 Å². The average molecular weight is 254 g/mol. The van der Waals surface area contributed by atoms with Gasteiger partial charge in [0.2, 0.25) is 6.43 Å². The summed E-state index contributed by atoms with van der Waals surface area (Å²) in [6.45, 7) is 6.11. The molecule has 0 aromatic heterocycles. The van der Waals surface area contributed by atoms with E-state index in [1.165, 1.54) is 11.8 Å². The molecule has 0 radical (unpaired) electrons. The largest absolute Gasteiger partial charge is 0.465 e. The first-order valence-electron chi connectivity index (χ1n) is 5.55. The predicted molar refractivity (Wildman–Crippen MR) is 63.0 cm³/mol. The number of thioether (sulfide) groups is 1. The molecular weight excluding hydrogens is 234 g/mol. The van der Waals surface area contributed by atoms with Crippen LogP contribution in [0.3, 0.4) is 0 Å². The average Bonchev–Trinajstić information content (AvgIpc) is 2.20. The van der Waals surface area contributed by atoms with Crippen molar-refractivity contribution >= 4 is 17.7 Å². The molecule has 0 heterocycles. The fourth-order valence-corrected chi connectivity index (χ4v) is 2.26. The Balaban J connectivity index is 4.01. The van der Waals surface area contributed by atoms with Crippen molar-refractivity contribution in [2.24, 2.45) is 5.92 Å². The van der Waals surface area contributed by atoms with Crippen molar-refractivity contribution < 1.29 is 18.3 Å². The van der Waals surface area contributed by atoms with E-state index in [2.05, 4.69) is 0 Å². The zero-order valence-corrected chi connectivity index (χ0v) is 10.9. The van der Waals surface area contributed by atoms with Crippen molar-refractivity contribution in [3.8, 4) is 0 Å². The predicted octanol–water partition coefficient (Wildman–Crippen LogP) is 3.35. The lowest BCUT2D eigenvalue weighted by atomic mass is 10.1. The summed E-state index contributed by atoms with van der Waals surface area (Å²) < 4.78 is 28.9. The molecule has 0 aliphatic carbocycles. The topological polar surface area (TPSA) is 26.3 Å². The lowest BCUT2D eigenvalue weighted by Crippen LogP contribution is -2.26. The van der Waals surface area contributed by atoms with Crippen LogP contribution in [0.1, 0.15) is 33.6 Å². The van der Waals surface area contributed by atoms with Gasteiger partial charge in [0.1, 0.15) is 5.25 Å². The molecule has 0 aliphatic heterocycles. The van der Waals surface area contributed by atoms with Gasteiger partial charge >= 0.3 is 5.97 Å². The van der Waals surface area contributed by atoms with E-state index in [9.17, 15) is 13.6 Å². The SMILES string of the molecule is CCCOC(=O)C(SCCC(F)F)C(C)C. The molecule has 0 bridgehead atoms. The Morgan fingerprint density at radius 3 is 2.44 bits per heavy atom. The molecule has 0 saturated heterocycles. The van der Waals surface area contributed by atoms with E-state index in [1.54, 1.807) is 0 Å². The highest BCUT2D eigenvalue weighted by molar-refractivity contribution is 8.00. The molecule has 1 atom stereocenters. The standard InChI is InChI=1S/C11H20F2O2S/c1-4-6-15-11(14)10(8(2)3)16-7-5-9(12)13/h8-10H,4-7H2,1-3H3. The highest BCUT2D eigenvalue weighted by Gasteiger charge is 2.24. The van der Waals surface area contributed by atoms with Crippen molar-refractivity contribution in [3.05, 3.63) is 0 Å². The highest BCUT2D eigenvalue weighted by Crippen LogP contribution is 2.22. The maximum absolute atomic E-state index is 12.0. The van der Waals surface area contributed by atoms with E-state index in [0.717, 1.165) is 6.42 Å². The van der Waals surface area contributed by atoms with Gasteiger partial charge in [-0.05, 0) is 18.1 Å². The molecule has 0 N–H and O–H groups in total. The first-order chi connectivity index (χ1) is 7.49. The number of alkyl halides is 2. The maximum atomic E-state index is 12.0. The van der Waals surface area contributed by atoms with Crippen molar-refractivity contribution in [2.75, 3.05) is 12.4 Å². The first kappa shape index (κ1) is 15.7. The molecule has 0 saturated carbocycles. The van der Waals surface area contributed by atoms with E-state index < -0.39 is 6.43 Å². The minimum absolute atomic E-state index is 0.104. The minimum atomic E-state index is -2.30. The van der Waals surface area contributed by atoms with Crippen LogP contribution in [0.5, 0.6) is 0 Å². The quantitative estimate of drug-likeness (QED) is 0.621. The molecule has 0 amide bonds. The summed E-state index contributed by atoms with van der Waals surface area (Å²) in [4.78, 5) is 11.6. The van der Waals surface area contributed by atoms with Crippen LogP contribution >= 0.6 is 11.8 Å². The molecule has 2 nitrogen and oxygen atoms in total. The van der Waals surface area contributed by atoms with Gasteiger partial charge in [0.05, 0.1) is 6.61 Å². The fourth-order valence-electron chi connectivity index (χ4n) is 1.10. The molecule has 0 aromatic rings. The summed E-state index contributed by atoms with van der Waals surface area (Å²) >= 11 is 1.26. The molecule has 5 heteroatoms. The summed E-state index contributed by atoms with van der Waals surface area (Å²) in [5.74, 6) is 0.116. The van der Waals surface area contributed by atoms with Crippen LogP contribution in [0.4, 0.5) is 8.78 Å². The van der Waals surface area contributed by atoms with Crippen LogP contribution < -0.4 is 0 Å². The number of ether oxygens (including phenoxy) is 1. The van der Waals surface area contributed by atoms with Crippen LogP contribution in [0.15, 0.2) is 0 Å². The van der Waals surface area contributed by atoms with Crippen molar-refractivity contribution in [1.29, 1.82) is 0 Å². The molecule has 0 aliphatic rings. The van der Waals surface area contributed by atoms with Gasteiger partial charge in [0, 0.05) is 6.42 Å². The van der Waals surface area contributed by atoms with Crippen molar-refractivity contribution in [2.45, 2.75) is 45.3 Å². The Morgan fingerprint density at radius 2 is 2.00 bits per heavy atom. The van der Waals surface area contributed by atoms with E-state index in [-0.39, 0.29) is 23.6 Å². The van der Waals surface area contributed by atoms with E-state index in [1.807, 2.05) is 20.8 Å². The molecule has 16 heavy (non-hydrogen) atoms. The normalized spacial score (nSPS) is 13.2. The Bertz CT molecular complexity index is 198. The third-order valence-corrected chi connectivity index (χ3v) is 3.49. The second-order valence-electron chi connectivity index (χ2n) is 3.88. The molecular formula is C11H20F2O2S. The second kappa shape index (κ2) is 8.79. The smallest absolute Gasteiger partial charge is 0.319 e. The summed E-state index contributed by atoms with van der Waals surface area (Å²) in [6.07, 6.45) is -1.69. The van der Waals surface area contributed by atoms with Gasteiger partial charge in [-0.1, -0.05) is 20.8 Å². The third kappa shape index (κ3) is 7.04. The molecule has 0 fully saturated rings. The Hall–Kier alpha value is -0.320.